The minimum atomic E-state index is -0.633. The lowest BCUT2D eigenvalue weighted by molar-refractivity contribution is -0.141. The fourth-order valence-electron chi connectivity index (χ4n) is 4.18. The number of aryl methyl sites for hydroxylation is 1. The highest BCUT2D eigenvalue weighted by Crippen LogP contribution is 2.28. The van der Waals surface area contributed by atoms with Crippen LogP contribution in [0.2, 0.25) is 0 Å². The second kappa shape index (κ2) is 14.4. The van der Waals surface area contributed by atoms with Gasteiger partial charge in [-0.2, -0.15) is 0 Å². The Hall–Kier alpha value is -3.32. The molecule has 0 saturated heterocycles. The first-order valence-corrected chi connectivity index (χ1v) is 13.3. The van der Waals surface area contributed by atoms with Crippen molar-refractivity contribution in [2.24, 2.45) is 0 Å². The molecule has 0 spiro atoms. The summed E-state index contributed by atoms with van der Waals surface area (Å²) in [6, 6.07) is 22.7. The molecule has 0 aromatic heterocycles. The van der Waals surface area contributed by atoms with Crippen LogP contribution in [-0.2, 0) is 29.0 Å². The lowest BCUT2D eigenvalue weighted by atomic mass is 10.0. The molecule has 0 radical (unpaired) electrons. The van der Waals surface area contributed by atoms with Crippen molar-refractivity contribution >= 4 is 27.7 Å². The van der Waals surface area contributed by atoms with E-state index < -0.39 is 6.04 Å². The third-order valence-electron chi connectivity index (χ3n) is 6.14. The first kappa shape index (κ1) is 28.3. The molecule has 37 heavy (non-hydrogen) atoms. The van der Waals surface area contributed by atoms with Gasteiger partial charge >= 0.3 is 0 Å². The highest BCUT2D eigenvalue weighted by Gasteiger charge is 2.30. The maximum absolute atomic E-state index is 13.8. The minimum absolute atomic E-state index is 0.0812. The summed E-state index contributed by atoms with van der Waals surface area (Å²) >= 11 is 3.52. The molecule has 7 heteroatoms. The Kier molecular flexibility index (Phi) is 11.0. The molecule has 6 nitrogen and oxygen atoms in total. The van der Waals surface area contributed by atoms with Gasteiger partial charge in [-0.1, -0.05) is 71.4 Å². The summed E-state index contributed by atoms with van der Waals surface area (Å²) in [5, 5.41) is 3.01. The molecule has 3 aromatic rings. The summed E-state index contributed by atoms with van der Waals surface area (Å²) in [7, 11) is 3.19. The number of hydrogen-bond donors (Lipinski definition) is 1. The fraction of sp³-hybridized carbons (Fsp3) is 0.333. The summed E-state index contributed by atoms with van der Waals surface area (Å²) in [5.74, 6) is 1.05. The molecule has 1 N–H and O–H groups in total. The van der Waals surface area contributed by atoms with Gasteiger partial charge in [-0.15, -0.1) is 0 Å². The molecule has 0 aliphatic rings. The van der Waals surface area contributed by atoms with Crippen molar-refractivity contribution < 1.29 is 19.1 Å². The Labute approximate surface area is 228 Å². The third kappa shape index (κ3) is 8.35. The topological polar surface area (TPSA) is 67.9 Å². The lowest BCUT2D eigenvalue weighted by Crippen LogP contribution is -2.50. The van der Waals surface area contributed by atoms with Gasteiger partial charge in [0.1, 0.15) is 6.04 Å². The van der Waals surface area contributed by atoms with Crippen LogP contribution in [-0.4, -0.2) is 43.5 Å². The zero-order valence-electron chi connectivity index (χ0n) is 21.7. The van der Waals surface area contributed by atoms with Crippen LogP contribution in [0.15, 0.2) is 77.3 Å². The van der Waals surface area contributed by atoms with Crippen LogP contribution in [0.4, 0.5) is 0 Å². The van der Waals surface area contributed by atoms with Crippen LogP contribution < -0.4 is 14.8 Å². The van der Waals surface area contributed by atoms with E-state index >= 15 is 0 Å². The number of ether oxygens (including phenoxy) is 2. The number of carbonyl (C=O) groups excluding carboxylic acids is 2. The van der Waals surface area contributed by atoms with Crippen LogP contribution in [0.25, 0.3) is 0 Å². The van der Waals surface area contributed by atoms with Crippen molar-refractivity contribution in [1.82, 2.24) is 10.2 Å². The van der Waals surface area contributed by atoms with E-state index in [0.717, 1.165) is 27.6 Å². The second-order valence-corrected chi connectivity index (χ2v) is 9.75. The molecule has 3 rings (SSSR count). The van der Waals surface area contributed by atoms with Crippen LogP contribution in [0, 0.1) is 0 Å². The molecule has 0 aliphatic carbocycles. The number of rotatable bonds is 13. The largest absolute Gasteiger partial charge is 0.493 e. The van der Waals surface area contributed by atoms with Gasteiger partial charge in [-0.25, -0.2) is 0 Å². The maximum atomic E-state index is 13.8. The fourth-order valence-corrected chi connectivity index (χ4v) is 4.63. The van der Waals surface area contributed by atoms with E-state index in [-0.39, 0.29) is 18.2 Å². The van der Waals surface area contributed by atoms with Crippen molar-refractivity contribution in [2.75, 3.05) is 20.8 Å². The number of carbonyl (C=O) groups is 2. The van der Waals surface area contributed by atoms with Gasteiger partial charge in [-0.05, 0) is 53.8 Å². The molecule has 196 valence electrons. The molecule has 0 fully saturated rings. The third-order valence-corrected chi connectivity index (χ3v) is 6.63. The average Bonchev–Trinajstić information content (AvgIpc) is 2.92. The highest BCUT2D eigenvalue weighted by atomic mass is 79.9. The van der Waals surface area contributed by atoms with Crippen molar-refractivity contribution in [3.05, 3.63) is 94.0 Å². The van der Waals surface area contributed by atoms with E-state index in [4.69, 9.17) is 9.47 Å². The quantitative estimate of drug-likeness (QED) is 0.294. The smallest absolute Gasteiger partial charge is 0.243 e. The second-order valence-electron chi connectivity index (χ2n) is 8.84. The van der Waals surface area contributed by atoms with Gasteiger partial charge in [0.2, 0.25) is 11.8 Å². The number of nitrogens with zero attached hydrogens (tertiary/aromatic N) is 1. The van der Waals surface area contributed by atoms with Gasteiger partial charge in [0.05, 0.1) is 14.2 Å². The summed E-state index contributed by atoms with van der Waals surface area (Å²) in [4.78, 5) is 28.9. The van der Waals surface area contributed by atoms with Crippen molar-refractivity contribution in [3.8, 4) is 11.5 Å². The Balaban J connectivity index is 1.89. The van der Waals surface area contributed by atoms with Crippen molar-refractivity contribution in [3.63, 3.8) is 0 Å². The van der Waals surface area contributed by atoms with E-state index in [9.17, 15) is 9.59 Å². The van der Waals surface area contributed by atoms with Gasteiger partial charge in [0.15, 0.2) is 11.5 Å². The minimum Gasteiger partial charge on any atom is -0.493 e. The molecular weight excluding hydrogens is 532 g/mol. The average molecular weight is 568 g/mol. The Bertz CT molecular complexity index is 1170. The van der Waals surface area contributed by atoms with Gasteiger partial charge in [0.25, 0.3) is 0 Å². The number of benzene rings is 3. The van der Waals surface area contributed by atoms with Gasteiger partial charge in [0, 0.05) is 30.4 Å². The zero-order valence-corrected chi connectivity index (χ0v) is 23.3. The van der Waals surface area contributed by atoms with Gasteiger partial charge in [-0.3, -0.25) is 9.59 Å². The monoisotopic (exact) mass is 566 g/mol. The summed E-state index contributed by atoms with van der Waals surface area (Å²) < 4.78 is 11.7. The SMILES string of the molecule is CCCNC(=O)[C@H](Cc1ccccc1)N(Cc1cccc(Br)c1)C(=O)CCc1ccc(OC)c(OC)c1. The molecule has 3 aromatic carbocycles. The molecular formula is C30H35BrN2O4. The van der Waals surface area contributed by atoms with Crippen LogP contribution in [0.1, 0.15) is 36.5 Å². The van der Waals surface area contributed by atoms with Crippen LogP contribution in [0.3, 0.4) is 0 Å². The molecule has 0 saturated carbocycles. The van der Waals surface area contributed by atoms with Crippen LogP contribution >= 0.6 is 15.9 Å². The number of halogens is 1. The highest BCUT2D eigenvalue weighted by molar-refractivity contribution is 9.10. The van der Waals surface area contributed by atoms with E-state index in [2.05, 4.69) is 21.2 Å². The number of hydrogen-bond acceptors (Lipinski definition) is 4. The molecule has 0 aliphatic heterocycles. The van der Waals surface area contributed by atoms with E-state index in [0.29, 0.717) is 37.4 Å². The lowest BCUT2D eigenvalue weighted by Gasteiger charge is -2.32. The molecule has 2 amide bonds. The van der Waals surface area contributed by atoms with E-state index in [1.54, 1.807) is 19.1 Å². The van der Waals surface area contributed by atoms with Gasteiger partial charge < -0.3 is 19.7 Å². The molecule has 0 heterocycles. The van der Waals surface area contributed by atoms with E-state index in [1.807, 2.05) is 79.7 Å². The Morgan fingerprint density at radius 3 is 2.30 bits per heavy atom. The van der Waals surface area contributed by atoms with Crippen LogP contribution in [0.5, 0.6) is 11.5 Å². The number of nitrogens with one attached hydrogen (secondary N) is 1. The zero-order chi connectivity index (χ0) is 26.6. The normalized spacial score (nSPS) is 11.5. The predicted octanol–water partition coefficient (Wildman–Crippen LogP) is 5.57. The standard InChI is InChI=1S/C30H35BrN2O4/c1-4-17-32-30(35)26(19-22-9-6-5-7-10-22)33(21-24-11-8-12-25(31)18-24)29(34)16-14-23-13-15-27(36-2)28(20-23)37-3/h5-13,15,18,20,26H,4,14,16-17,19,21H2,1-3H3,(H,32,35)/t26-/m0/s1. The molecule has 1 atom stereocenters. The molecule has 0 unspecified atom stereocenters. The Morgan fingerprint density at radius 1 is 0.892 bits per heavy atom. The maximum Gasteiger partial charge on any atom is 0.243 e. The number of amides is 2. The predicted molar refractivity (Wildman–Crippen MR) is 150 cm³/mol. The number of methoxy groups -OCH3 is 2. The van der Waals surface area contributed by atoms with Crippen molar-refractivity contribution in [2.45, 2.75) is 45.2 Å². The summed E-state index contributed by atoms with van der Waals surface area (Å²) in [6.45, 7) is 2.91. The summed E-state index contributed by atoms with van der Waals surface area (Å²) in [5.41, 5.74) is 2.92. The molecule has 0 bridgehead atoms. The first-order chi connectivity index (χ1) is 17.9. The van der Waals surface area contributed by atoms with Crippen molar-refractivity contribution in [1.29, 1.82) is 0 Å². The summed E-state index contributed by atoms with van der Waals surface area (Å²) in [6.07, 6.45) is 2.04. The first-order valence-electron chi connectivity index (χ1n) is 12.5. The Morgan fingerprint density at radius 2 is 1.62 bits per heavy atom. The van der Waals surface area contributed by atoms with E-state index in [1.165, 1.54) is 0 Å².